The van der Waals surface area contributed by atoms with Gasteiger partial charge in [-0.2, -0.15) is 0 Å². The van der Waals surface area contributed by atoms with E-state index in [-0.39, 0.29) is 16.2 Å². The molecule has 6 aliphatic rings. The zero-order valence-corrected chi connectivity index (χ0v) is 39.3. The molecule has 9 aromatic carbocycles. The van der Waals surface area contributed by atoms with E-state index >= 15 is 0 Å². The highest BCUT2D eigenvalue weighted by Crippen LogP contribution is 2.75. The Balaban J connectivity index is 1.07. The summed E-state index contributed by atoms with van der Waals surface area (Å²) in [6.07, 6.45) is 10.8. The minimum absolute atomic E-state index is 0.0642. The van der Waals surface area contributed by atoms with Crippen LogP contribution in [0, 0.1) is 5.92 Å². The molecule has 9 aromatic rings. The summed E-state index contributed by atoms with van der Waals surface area (Å²) in [7, 11) is 0. The van der Waals surface area contributed by atoms with Gasteiger partial charge in [0.15, 0.2) is 0 Å². The monoisotopic (exact) mass is 887 g/mol. The Hall–Kier alpha value is -6.96. The van der Waals surface area contributed by atoms with Gasteiger partial charge in [0.05, 0.1) is 5.69 Å². The van der Waals surface area contributed by atoms with E-state index in [2.05, 4.69) is 217 Å². The standard InChI is InChI=1S/C68H57N/c1-2-19-49(20-3-1)69(64-32-16-18-45-17-4-5-24-54(45)64)50-33-34-63-60(41-50)57-27-11-8-23-53(57)47-36-39-66(63)38-35-46-42-67(61-30-14-12-28-58(61)55-25-9-6-21-51(46)55)40-37-48-44-68(43-47,65(66)67)62-31-15-13-29-59(62)56-26-10-7-22-52(48)56/h1-34,41,46-48,65H,35-40,42-44H2. The fraction of sp³-hybridized carbons (Fsp3) is 0.235. The summed E-state index contributed by atoms with van der Waals surface area (Å²) in [6.45, 7) is 0. The predicted molar refractivity (Wildman–Crippen MR) is 286 cm³/mol. The lowest BCUT2D eigenvalue weighted by Crippen LogP contribution is -2.56. The van der Waals surface area contributed by atoms with Crippen molar-refractivity contribution in [2.24, 2.45) is 5.92 Å². The highest BCUT2D eigenvalue weighted by Gasteiger charge is 2.68. The van der Waals surface area contributed by atoms with Crippen LogP contribution in [-0.2, 0) is 16.2 Å². The van der Waals surface area contributed by atoms with E-state index < -0.39 is 0 Å². The van der Waals surface area contributed by atoms with Gasteiger partial charge in [-0.3, -0.25) is 0 Å². The third-order valence-corrected chi connectivity index (χ3v) is 19.1. The molecule has 15 rings (SSSR count). The lowest BCUT2D eigenvalue weighted by atomic mass is 9.44. The van der Waals surface area contributed by atoms with Crippen molar-refractivity contribution in [1.82, 2.24) is 0 Å². The van der Waals surface area contributed by atoms with Gasteiger partial charge < -0.3 is 4.90 Å². The molecule has 6 bridgehead atoms. The van der Waals surface area contributed by atoms with Gasteiger partial charge in [-0.15, -0.1) is 0 Å². The third-order valence-electron chi connectivity index (χ3n) is 19.1. The second-order valence-electron chi connectivity index (χ2n) is 22.0. The van der Waals surface area contributed by atoms with Gasteiger partial charge in [-0.1, -0.05) is 182 Å². The van der Waals surface area contributed by atoms with E-state index in [0.29, 0.717) is 23.7 Å². The first-order valence-corrected chi connectivity index (χ1v) is 26.1. The van der Waals surface area contributed by atoms with E-state index in [0.717, 1.165) is 0 Å². The summed E-state index contributed by atoms with van der Waals surface area (Å²) in [5.41, 5.74) is 21.8. The van der Waals surface area contributed by atoms with Crippen LogP contribution >= 0.6 is 0 Å². The first-order valence-electron chi connectivity index (χ1n) is 26.1. The smallest absolute Gasteiger partial charge is 0.0540 e. The minimum Gasteiger partial charge on any atom is -0.310 e. The van der Waals surface area contributed by atoms with Gasteiger partial charge in [-0.05, 0) is 184 Å². The van der Waals surface area contributed by atoms with E-state index in [9.17, 15) is 0 Å². The fourth-order valence-corrected chi connectivity index (χ4v) is 16.9. The molecule has 0 amide bonds. The third kappa shape index (κ3) is 5.59. The molecule has 0 heterocycles. The van der Waals surface area contributed by atoms with Gasteiger partial charge in [0.25, 0.3) is 0 Å². The molecule has 0 aromatic heterocycles. The maximum atomic E-state index is 2.69. The van der Waals surface area contributed by atoms with Crippen molar-refractivity contribution in [3.8, 4) is 33.4 Å². The maximum absolute atomic E-state index is 2.69. The first-order chi connectivity index (χ1) is 34.1. The number of para-hydroxylation sites is 1. The van der Waals surface area contributed by atoms with E-state index in [1.54, 1.807) is 33.4 Å². The van der Waals surface area contributed by atoms with E-state index in [1.807, 2.05) is 0 Å². The lowest BCUT2D eigenvalue weighted by Gasteiger charge is -2.58. The van der Waals surface area contributed by atoms with E-state index in [4.69, 9.17) is 0 Å². The van der Waals surface area contributed by atoms with Gasteiger partial charge in [0.2, 0.25) is 0 Å². The minimum atomic E-state index is -0.0974. The van der Waals surface area contributed by atoms with Crippen LogP contribution in [0.1, 0.15) is 109 Å². The normalized spacial score (nSPS) is 26.5. The van der Waals surface area contributed by atoms with Gasteiger partial charge in [0, 0.05) is 33.0 Å². The number of hydrogen-bond donors (Lipinski definition) is 0. The van der Waals surface area contributed by atoms with Crippen LogP contribution in [-0.4, -0.2) is 0 Å². The molecule has 3 fully saturated rings. The number of hydrogen-bond acceptors (Lipinski definition) is 1. The predicted octanol–water partition coefficient (Wildman–Crippen LogP) is 17.9. The second kappa shape index (κ2) is 15.0. The molecule has 1 heteroatoms. The zero-order valence-electron chi connectivity index (χ0n) is 39.3. The largest absolute Gasteiger partial charge is 0.310 e. The Morgan fingerprint density at radius 1 is 0.333 bits per heavy atom. The SMILES string of the molecule is c1ccc(N(c2ccc3c(c2)-c2ccccc2C2CCC34CCC3CC5(CCC6CC(C2)(c2ccccc2-c2ccccc26)C45)c2ccccc2-c2ccccc23)c2cccc3ccccc23)cc1. The average molecular weight is 888 g/mol. The summed E-state index contributed by atoms with van der Waals surface area (Å²) in [4.78, 5) is 2.54. The van der Waals surface area contributed by atoms with Crippen molar-refractivity contribution in [3.63, 3.8) is 0 Å². The Morgan fingerprint density at radius 3 is 1.43 bits per heavy atom. The van der Waals surface area contributed by atoms with Crippen molar-refractivity contribution in [3.05, 3.63) is 246 Å². The van der Waals surface area contributed by atoms with Crippen LogP contribution in [0.2, 0.25) is 0 Å². The highest BCUT2D eigenvalue weighted by molar-refractivity contribution is 5.99. The lowest BCUT2D eigenvalue weighted by molar-refractivity contribution is 0.0565. The Morgan fingerprint density at radius 2 is 0.797 bits per heavy atom. The average Bonchev–Trinajstić information content (AvgIpc) is 3.82. The molecular formula is C68H57N. The van der Waals surface area contributed by atoms with Crippen LogP contribution in [0.3, 0.4) is 0 Å². The molecule has 3 saturated carbocycles. The second-order valence-corrected chi connectivity index (χ2v) is 22.0. The molecule has 1 nitrogen and oxygen atoms in total. The van der Waals surface area contributed by atoms with Crippen LogP contribution < -0.4 is 4.90 Å². The maximum Gasteiger partial charge on any atom is 0.0540 e. The van der Waals surface area contributed by atoms with Crippen molar-refractivity contribution in [1.29, 1.82) is 0 Å². The fourth-order valence-electron chi connectivity index (χ4n) is 16.9. The van der Waals surface area contributed by atoms with Crippen LogP contribution in [0.25, 0.3) is 44.2 Å². The van der Waals surface area contributed by atoms with E-state index in [1.165, 1.54) is 119 Å². The molecule has 0 N–H and O–H groups in total. The number of rotatable bonds is 3. The molecule has 7 unspecified atom stereocenters. The van der Waals surface area contributed by atoms with Crippen molar-refractivity contribution in [2.75, 3.05) is 4.90 Å². The molecule has 0 radical (unpaired) electrons. The van der Waals surface area contributed by atoms with Crippen LogP contribution in [0.5, 0.6) is 0 Å². The topological polar surface area (TPSA) is 3.24 Å². The van der Waals surface area contributed by atoms with Crippen molar-refractivity contribution >= 4 is 27.8 Å². The molecule has 69 heavy (non-hydrogen) atoms. The summed E-state index contributed by atoms with van der Waals surface area (Å²) in [5.74, 6) is 1.74. The molecular weight excluding hydrogens is 831 g/mol. The molecule has 7 atom stereocenters. The van der Waals surface area contributed by atoms with Gasteiger partial charge in [0.1, 0.15) is 0 Å². The first kappa shape index (κ1) is 40.0. The van der Waals surface area contributed by atoms with Gasteiger partial charge >= 0.3 is 0 Å². The summed E-state index contributed by atoms with van der Waals surface area (Å²) < 4.78 is 0. The zero-order chi connectivity index (χ0) is 45.3. The Labute approximate surface area is 407 Å². The van der Waals surface area contributed by atoms with Crippen molar-refractivity contribution in [2.45, 2.75) is 91.8 Å². The summed E-state index contributed by atoms with van der Waals surface area (Å²) in [6, 6.07) is 83.5. The highest BCUT2D eigenvalue weighted by atomic mass is 15.1. The van der Waals surface area contributed by atoms with Crippen molar-refractivity contribution < 1.29 is 0 Å². The molecule has 0 saturated heterocycles. The number of fused-ring (bicyclic) bond motifs is 17. The molecule has 3 spiro atoms. The number of nitrogens with zero attached hydrogens (tertiary/aromatic N) is 1. The number of benzene rings is 9. The Bertz CT molecular complexity index is 3500. The molecule has 0 aliphatic heterocycles. The summed E-state index contributed by atoms with van der Waals surface area (Å²) in [5, 5.41) is 2.53. The van der Waals surface area contributed by atoms with Gasteiger partial charge in [-0.25, -0.2) is 0 Å². The molecule has 334 valence electrons. The van der Waals surface area contributed by atoms with Crippen LogP contribution in [0.4, 0.5) is 17.1 Å². The molecule has 6 aliphatic carbocycles. The quantitative estimate of drug-likeness (QED) is 0.171. The number of anilines is 3. The Kier molecular flexibility index (Phi) is 8.70. The summed E-state index contributed by atoms with van der Waals surface area (Å²) >= 11 is 0. The van der Waals surface area contributed by atoms with Crippen LogP contribution in [0.15, 0.2) is 212 Å².